The van der Waals surface area contributed by atoms with Gasteiger partial charge in [-0.25, -0.2) is 0 Å². The lowest BCUT2D eigenvalue weighted by molar-refractivity contribution is 0.466. The third-order valence-corrected chi connectivity index (χ3v) is 4.28. The molecule has 2 nitrogen and oxygen atoms in total. The molecule has 0 spiro atoms. The molecule has 1 atom stereocenters. The predicted octanol–water partition coefficient (Wildman–Crippen LogP) is 4.34. The second-order valence-electron chi connectivity index (χ2n) is 5.36. The number of hydrogen-bond donors (Lipinski definition) is 1. The van der Waals surface area contributed by atoms with Gasteiger partial charge in [-0.1, -0.05) is 43.3 Å². The predicted molar refractivity (Wildman–Crippen MR) is 83.3 cm³/mol. The van der Waals surface area contributed by atoms with Crippen molar-refractivity contribution in [1.82, 2.24) is 4.57 Å². The highest BCUT2D eigenvalue weighted by molar-refractivity contribution is 5.86. The quantitative estimate of drug-likeness (QED) is 0.732. The Morgan fingerprint density at radius 3 is 2.40 bits per heavy atom. The third-order valence-electron chi connectivity index (χ3n) is 4.28. The number of aromatic nitrogens is 1. The molecule has 1 unspecified atom stereocenters. The summed E-state index contributed by atoms with van der Waals surface area (Å²) in [5, 5.41) is 11.4. The number of benzene rings is 2. The second kappa shape index (κ2) is 4.71. The highest BCUT2D eigenvalue weighted by Crippen LogP contribution is 2.37. The van der Waals surface area contributed by atoms with E-state index >= 15 is 0 Å². The smallest absolute Gasteiger partial charge is 0.119 e. The van der Waals surface area contributed by atoms with Gasteiger partial charge in [0.15, 0.2) is 0 Å². The zero-order chi connectivity index (χ0) is 14.3. The Bertz CT molecular complexity index is 770. The molecule has 2 heteroatoms. The molecule has 0 fully saturated rings. The van der Waals surface area contributed by atoms with E-state index in [2.05, 4.69) is 49.7 Å². The van der Waals surface area contributed by atoms with Gasteiger partial charge in [0, 0.05) is 35.1 Å². The highest BCUT2D eigenvalue weighted by atomic mass is 16.3. The fraction of sp³-hybridized carbons (Fsp3) is 0.222. The summed E-state index contributed by atoms with van der Waals surface area (Å²) in [5.41, 5.74) is 4.76. The van der Waals surface area contributed by atoms with E-state index < -0.39 is 0 Å². The van der Waals surface area contributed by atoms with E-state index in [0.717, 1.165) is 5.56 Å². The SMILES string of the molecule is Cc1c(C(C)c2ccccc2O)c2ccccc2n1C. The molecule has 3 aromatic rings. The number of hydrogen-bond acceptors (Lipinski definition) is 1. The molecule has 0 bridgehead atoms. The van der Waals surface area contributed by atoms with Crippen molar-refractivity contribution in [1.29, 1.82) is 0 Å². The van der Waals surface area contributed by atoms with E-state index in [1.165, 1.54) is 22.2 Å². The van der Waals surface area contributed by atoms with Crippen LogP contribution in [0.4, 0.5) is 0 Å². The average Bonchev–Trinajstić information content (AvgIpc) is 2.71. The van der Waals surface area contributed by atoms with Crippen LogP contribution in [0.1, 0.15) is 29.7 Å². The molecule has 0 saturated heterocycles. The number of aromatic hydroxyl groups is 1. The minimum atomic E-state index is 0.169. The number of para-hydroxylation sites is 2. The van der Waals surface area contributed by atoms with Gasteiger partial charge in [-0.2, -0.15) is 0 Å². The van der Waals surface area contributed by atoms with Crippen LogP contribution in [0.15, 0.2) is 48.5 Å². The summed E-state index contributed by atoms with van der Waals surface area (Å²) in [5.74, 6) is 0.537. The lowest BCUT2D eigenvalue weighted by Gasteiger charge is -2.14. The fourth-order valence-electron chi connectivity index (χ4n) is 3.11. The Morgan fingerprint density at radius 1 is 1.00 bits per heavy atom. The molecule has 1 N–H and O–H groups in total. The molecular formula is C18H19NO. The van der Waals surface area contributed by atoms with Gasteiger partial charge in [0.05, 0.1) is 0 Å². The van der Waals surface area contributed by atoms with E-state index in [1.807, 2.05) is 18.2 Å². The molecular weight excluding hydrogens is 246 g/mol. The molecule has 20 heavy (non-hydrogen) atoms. The Morgan fingerprint density at radius 2 is 1.65 bits per heavy atom. The van der Waals surface area contributed by atoms with Crippen LogP contribution in [-0.2, 0) is 7.05 Å². The van der Waals surface area contributed by atoms with Crippen LogP contribution in [0, 0.1) is 6.92 Å². The van der Waals surface area contributed by atoms with Crippen LogP contribution in [-0.4, -0.2) is 9.67 Å². The zero-order valence-electron chi connectivity index (χ0n) is 12.1. The molecule has 0 aliphatic heterocycles. The average molecular weight is 265 g/mol. The second-order valence-corrected chi connectivity index (χ2v) is 5.36. The summed E-state index contributed by atoms with van der Waals surface area (Å²) in [6.07, 6.45) is 0. The summed E-state index contributed by atoms with van der Waals surface area (Å²) in [6.45, 7) is 4.30. The van der Waals surface area contributed by atoms with Gasteiger partial charge in [0.25, 0.3) is 0 Å². The summed E-state index contributed by atoms with van der Waals surface area (Å²) in [7, 11) is 2.10. The lowest BCUT2D eigenvalue weighted by Crippen LogP contribution is -1.99. The van der Waals surface area contributed by atoms with E-state index in [0.29, 0.717) is 5.75 Å². The Kier molecular flexibility index (Phi) is 3.01. The Balaban J connectivity index is 2.25. The van der Waals surface area contributed by atoms with Gasteiger partial charge in [-0.3, -0.25) is 0 Å². The first kappa shape index (κ1) is 12.8. The summed E-state index contributed by atoms with van der Waals surface area (Å²) >= 11 is 0. The Labute approximate surface area is 119 Å². The van der Waals surface area contributed by atoms with Gasteiger partial charge in [-0.05, 0) is 24.6 Å². The van der Waals surface area contributed by atoms with Crippen molar-refractivity contribution in [3.05, 3.63) is 65.4 Å². The fourth-order valence-corrected chi connectivity index (χ4v) is 3.11. The minimum Gasteiger partial charge on any atom is -0.508 e. The van der Waals surface area contributed by atoms with Crippen LogP contribution in [0.2, 0.25) is 0 Å². The molecule has 0 radical (unpaired) electrons. The molecule has 0 aliphatic rings. The van der Waals surface area contributed by atoms with Crippen molar-refractivity contribution < 1.29 is 5.11 Å². The normalized spacial score (nSPS) is 12.8. The van der Waals surface area contributed by atoms with Crippen LogP contribution in [0.25, 0.3) is 10.9 Å². The highest BCUT2D eigenvalue weighted by Gasteiger charge is 2.20. The first-order valence-electron chi connectivity index (χ1n) is 6.93. The van der Waals surface area contributed by atoms with Crippen molar-refractivity contribution in [2.24, 2.45) is 7.05 Å². The number of nitrogens with zero attached hydrogens (tertiary/aromatic N) is 1. The van der Waals surface area contributed by atoms with E-state index in [9.17, 15) is 5.11 Å². The standard InChI is InChI=1S/C18H19NO/c1-12(14-8-5-7-11-17(14)20)18-13(2)19(3)16-10-6-4-9-15(16)18/h4-12,20H,1-3H3. The topological polar surface area (TPSA) is 25.2 Å². The van der Waals surface area contributed by atoms with Crippen molar-refractivity contribution >= 4 is 10.9 Å². The number of fused-ring (bicyclic) bond motifs is 1. The monoisotopic (exact) mass is 265 g/mol. The molecule has 2 aromatic carbocycles. The van der Waals surface area contributed by atoms with Gasteiger partial charge in [0.1, 0.15) is 5.75 Å². The minimum absolute atomic E-state index is 0.169. The van der Waals surface area contributed by atoms with Gasteiger partial charge >= 0.3 is 0 Å². The van der Waals surface area contributed by atoms with Crippen LogP contribution < -0.4 is 0 Å². The molecule has 1 aromatic heterocycles. The Hall–Kier alpha value is -2.22. The van der Waals surface area contributed by atoms with Crippen molar-refractivity contribution in [2.45, 2.75) is 19.8 Å². The van der Waals surface area contributed by atoms with Gasteiger partial charge < -0.3 is 9.67 Å². The maximum absolute atomic E-state index is 10.1. The molecule has 3 rings (SSSR count). The van der Waals surface area contributed by atoms with Crippen LogP contribution in [0.3, 0.4) is 0 Å². The van der Waals surface area contributed by atoms with Gasteiger partial charge in [0.2, 0.25) is 0 Å². The van der Waals surface area contributed by atoms with E-state index in [1.54, 1.807) is 6.07 Å². The molecule has 1 heterocycles. The first-order valence-corrected chi connectivity index (χ1v) is 6.93. The van der Waals surface area contributed by atoms with Gasteiger partial charge in [-0.15, -0.1) is 0 Å². The zero-order valence-corrected chi connectivity index (χ0v) is 12.1. The van der Waals surface area contributed by atoms with Crippen molar-refractivity contribution in [2.75, 3.05) is 0 Å². The molecule has 102 valence electrons. The summed E-state index contributed by atoms with van der Waals surface area (Å²) in [6, 6.07) is 16.0. The number of aryl methyl sites for hydroxylation is 1. The molecule has 0 saturated carbocycles. The maximum atomic E-state index is 10.1. The lowest BCUT2D eigenvalue weighted by atomic mass is 9.90. The summed E-state index contributed by atoms with van der Waals surface area (Å²) in [4.78, 5) is 0. The maximum Gasteiger partial charge on any atom is 0.119 e. The van der Waals surface area contributed by atoms with Crippen molar-refractivity contribution in [3.63, 3.8) is 0 Å². The number of phenolic OH excluding ortho intramolecular Hbond substituents is 1. The first-order chi connectivity index (χ1) is 9.61. The van der Waals surface area contributed by atoms with Crippen molar-refractivity contribution in [3.8, 4) is 5.75 Å². The number of rotatable bonds is 2. The molecule has 0 aliphatic carbocycles. The third kappa shape index (κ3) is 1.80. The largest absolute Gasteiger partial charge is 0.508 e. The van der Waals surface area contributed by atoms with E-state index in [-0.39, 0.29) is 5.92 Å². The summed E-state index contributed by atoms with van der Waals surface area (Å²) < 4.78 is 2.22. The van der Waals surface area contributed by atoms with E-state index in [4.69, 9.17) is 0 Å². The number of phenols is 1. The van der Waals surface area contributed by atoms with Crippen LogP contribution in [0.5, 0.6) is 5.75 Å². The molecule has 0 amide bonds. The van der Waals surface area contributed by atoms with Crippen LogP contribution >= 0.6 is 0 Å².